The van der Waals surface area contributed by atoms with Crippen LogP contribution >= 0.6 is 22.9 Å². The highest BCUT2D eigenvalue weighted by Gasteiger charge is 2.26. The molecule has 0 spiro atoms. The van der Waals surface area contributed by atoms with Crippen LogP contribution in [-0.2, 0) is 14.3 Å². The first kappa shape index (κ1) is 18.5. The number of carbonyl (C=O) groups is 1. The van der Waals surface area contributed by atoms with Gasteiger partial charge in [0, 0.05) is 5.02 Å². The van der Waals surface area contributed by atoms with Crippen LogP contribution < -0.4 is 5.01 Å². The van der Waals surface area contributed by atoms with Gasteiger partial charge in [0.2, 0.25) is 10.9 Å². The zero-order valence-corrected chi connectivity index (χ0v) is 16.5. The Morgan fingerprint density at radius 2 is 2.07 bits per heavy atom. The number of anilines is 1. The summed E-state index contributed by atoms with van der Waals surface area (Å²) in [6.07, 6.45) is 2.92. The predicted molar refractivity (Wildman–Crippen MR) is 111 cm³/mol. The van der Waals surface area contributed by atoms with Gasteiger partial charge in [0.1, 0.15) is 19.5 Å². The lowest BCUT2D eigenvalue weighted by atomic mass is 10.2. The summed E-state index contributed by atoms with van der Waals surface area (Å²) >= 11 is 7.39. The van der Waals surface area contributed by atoms with Gasteiger partial charge in [-0.05, 0) is 30.7 Å². The largest absolute Gasteiger partial charge is 0.494 e. The summed E-state index contributed by atoms with van der Waals surface area (Å²) in [6.45, 7) is 2.72. The fraction of sp³-hybridized carbons (Fsp3) is 0.150. The maximum atomic E-state index is 13.0. The van der Waals surface area contributed by atoms with Crippen LogP contribution in [0.4, 0.5) is 5.13 Å². The number of hydrogen-bond acceptors (Lipinski definition) is 6. The number of hydrogen-bond donors (Lipinski definition) is 0. The molecule has 0 saturated heterocycles. The predicted octanol–water partition coefficient (Wildman–Crippen LogP) is 4.51. The molecule has 142 valence electrons. The SMILES string of the molecule is Cc1ccc(/C=N/N(C(=O)C2=COCCO2)c2nc3ccc(Cl)cc3s2)cc1. The van der Waals surface area contributed by atoms with Gasteiger partial charge >= 0.3 is 5.91 Å². The van der Waals surface area contributed by atoms with Crippen LogP contribution in [0.15, 0.2) is 59.6 Å². The Labute approximate surface area is 170 Å². The third-order valence-electron chi connectivity index (χ3n) is 3.97. The number of rotatable bonds is 4. The second-order valence-corrected chi connectivity index (χ2v) is 7.53. The summed E-state index contributed by atoms with van der Waals surface area (Å²) in [5.74, 6) is -0.363. The first-order valence-electron chi connectivity index (χ1n) is 8.56. The van der Waals surface area contributed by atoms with E-state index in [1.807, 2.05) is 43.3 Å². The first-order valence-corrected chi connectivity index (χ1v) is 9.75. The third kappa shape index (κ3) is 4.00. The molecule has 8 heteroatoms. The highest BCUT2D eigenvalue weighted by atomic mass is 35.5. The number of carbonyl (C=O) groups excluding carboxylic acids is 1. The highest BCUT2D eigenvalue weighted by Crippen LogP contribution is 2.32. The van der Waals surface area contributed by atoms with Gasteiger partial charge in [-0.25, -0.2) is 4.98 Å². The summed E-state index contributed by atoms with van der Waals surface area (Å²) < 4.78 is 11.5. The summed E-state index contributed by atoms with van der Waals surface area (Å²) in [5.41, 5.74) is 2.75. The van der Waals surface area contributed by atoms with Crippen LogP contribution in [0.25, 0.3) is 10.2 Å². The zero-order chi connectivity index (χ0) is 19.5. The van der Waals surface area contributed by atoms with E-state index in [1.165, 1.54) is 22.6 Å². The number of thiazole rings is 1. The highest BCUT2D eigenvalue weighted by molar-refractivity contribution is 7.22. The van der Waals surface area contributed by atoms with E-state index in [1.54, 1.807) is 12.3 Å². The number of nitrogens with zero attached hydrogens (tertiary/aromatic N) is 3. The van der Waals surface area contributed by atoms with E-state index in [0.29, 0.717) is 23.4 Å². The van der Waals surface area contributed by atoms with Crippen molar-refractivity contribution >= 4 is 50.4 Å². The van der Waals surface area contributed by atoms with Gasteiger partial charge in [-0.15, -0.1) is 0 Å². The molecule has 0 unspecified atom stereocenters. The molecule has 0 N–H and O–H groups in total. The van der Waals surface area contributed by atoms with Crippen LogP contribution in [0.2, 0.25) is 5.02 Å². The van der Waals surface area contributed by atoms with Crippen molar-refractivity contribution in [2.45, 2.75) is 6.92 Å². The Morgan fingerprint density at radius 1 is 1.25 bits per heavy atom. The van der Waals surface area contributed by atoms with E-state index in [9.17, 15) is 4.79 Å². The van der Waals surface area contributed by atoms with Crippen molar-refractivity contribution in [2.24, 2.45) is 5.10 Å². The molecule has 6 nitrogen and oxygen atoms in total. The summed E-state index contributed by atoms with van der Waals surface area (Å²) in [6, 6.07) is 13.2. The molecule has 2 heterocycles. The molecule has 28 heavy (non-hydrogen) atoms. The molecular formula is C20H16ClN3O3S. The van der Waals surface area contributed by atoms with Gasteiger partial charge < -0.3 is 9.47 Å². The summed E-state index contributed by atoms with van der Waals surface area (Å²) in [5, 5.41) is 6.63. The molecule has 0 bridgehead atoms. The van der Waals surface area contributed by atoms with Gasteiger partial charge in [0.05, 0.1) is 16.4 Å². The molecular weight excluding hydrogens is 398 g/mol. The molecule has 1 amide bonds. The van der Waals surface area contributed by atoms with E-state index in [-0.39, 0.29) is 5.76 Å². The van der Waals surface area contributed by atoms with Gasteiger partial charge in [-0.2, -0.15) is 10.1 Å². The second kappa shape index (κ2) is 8.00. The Morgan fingerprint density at radius 3 is 2.82 bits per heavy atom. The number of benzene rings is 2. The topological polar surface area (TPSA) is 64.0 Å². The van der Waals surface area contributed by atoms with E-state index in [0.717, 1.165) is 21.3 Å². The lowest BCUT2D eigenvalue weighted by Crippen LogP contribution is -2.30. The summed E-state index contributed by atoms with van der Waals surface area (Å²) in [7, 11) is 0. The maximum Gasteiger partial charge on any atom is 0.319 e. The molecule has 4 rings (SSSR count). The number of ether oxygens (including phenoxy) is 2. The average Bonchev–Trinajstić information content (AvgIpc) is 3.13. The lowest BCUT2D eigenvalue weighted by molar-refractivity contribution is -0.119. The molecule has 0 aliphatic carbocycles. The van der Waals surface area contributed by atoms with Crippen molar-refractivity contribution < 1.29 is 14.3 Å². The van der Waals surface area contributed by atoms with Crippen molar-refractivity contribution in [3.05, 3.63) is 70.6 Å². The fourth-order valence-corrected chi connectivity index (χ4v) is 3.73. The number of aryl methyl sites for hydroxylation is 1. The lowest BCUT2D eigenvalue weighted by Gasteiger charge is -2.19. The molecule has 0 atom stereocenters. The van der Waals surface area contributed by atoms with Gasteiger partial charge in [-0.3, -0.25) is 4.79 Å². The third-order valence-corrected chi connectivity index (χ3v) is 5.20. The minimum absolute atomic E-state index is 0.0876. The van der Waals surface area contributed by atoms with Crippen LogP contribution in [0, 0.1) is 6.92 Å². The summed E-state index contributed by atoms with van der Waals surface area (Å²) in [4.78, 5) is 17.5. The number of halogens is 1. The van der Waals surface area contributed by atoms with Crippen LogP contribution in [0.1, 0.15) is 11.1 Å². The monoisotopic (exact) mass is 413 g/mol. The van der Waals surface area contributed by atoms with Crippen molar-refractivity contribution in [3.63, 3.8) is 0 Å². The number of hydrazone groups is 1. The smallest absolute Gasteiger partial charge is 0.319 e. The van der Waals surface area contributed by atoms with Crippen molar-refractivity contribution in [2.75, 3.05) is 18.2 Å². The molecule has 3 aromatic rings. The number of amides is 1. The molecule has 0 radical (unpaired) electrons. The number of fused-ring (bicyclic) bond motifs is 1. The quantitative estimate of drug-likeness (QED) is 0.466. The maximum absolute atomic E-state index is 13.0. The Kier molecular flexibility index (Phi) is 5.27. The van der Waals surface area contributed by atoms with Crippen LogP contribution in [-0.4, -0.2) is 30.3 Å². The van der Waals surface area contributed by atoms with Crippen LogP contribution in [0.3, 0.4) is 0 Å². The molecule has 2 aromatic carbocycles. The molecule has 1 aliphatic rings. The number of aromatic nitrogens is 1. The molecule has 1 aliphatic heterocycles. The first-order chi connectivity index (χ1) is 13.6. The second-order valence-electron chi connectivity index (χ2n) is 6.08. The molecule has 0 fully saturated rings. The molecule has 0 saturated carbocycles. The Balaban J connectivity index is 1.72. The van der Waals surface area contributed by atoms with Gasteiger partial charge in [-0.1, -0.05) is 52.8 Å². The van der Waals surface area contributed by atoms with E-state index < -0.39 is 5.91 Å². The molecule has 1 aromatic heterocycles. The van der Waals surface area contributed by atoms with Crippen molar-refractivity contribution in [3.8, 4) is 0 Å². The zero-order valence-electron chi connectivity index (χ0n) is 15.0. The van der Waals surface area contributed by atoms with Crippen molar-refractivity contribution in [1.29, 1.82) is 0 Å². The Hall–Kier alpha value is -2.90. The standard InChI is InChI=1S/C20H16ClN3O3S/c1-13-2-4-14(5-3-13)11-22-24(19(25)17-12-26-8-9-27-17)20-23-16-7-6-15(21)10-18(16)28-20/h2-7,10-12H,8-9H2,1H3/b22-11+. The van der Waals surface area contributed by atoms with Gasteiger partial charge in [0.25, 0.3) is 0 Å². The minimum Gasteiger partial charge on any atom is -0.494 e. The van der Waals surface area contributed by atoms with Crippen LogP contribution in [0.5, 0.6) is 0 Å². The van der Waals surface area contributed by atoms with Gasteiger partial charge in [0.15, 0.2) is 0 Å². The van der Waals surface area contributed by atoms with E-state index in [2.05, 4.69) is 10.1 Å². The van der Waals surface area contributed by atoms with E-state index in [4.69, 9.17) is 21.1 Å². The Bertz CT molecular complexity index is 1080. The fourth-order valence-electron chi connectivity index (χ4n) is 2.53. The van der Waals surface area contributed by atoms with E-state index >= 15 is 0 Å². The normalized spacial score (nSPS) is 13.9. The minimum atomic E-state index is -0.451. The average molecular weight is 414 g/mol. The van der Waals surface area contributed by atoms with Crippen molar-refractivity contribution in [1.82, 2.24) is 4.98 Å².